The van der Waals surface area contributed by atoms with Gasteiger partial charge in [0.2, 0.25) is 0 Å². The second-order valence-corrected chi connectivity index (χ2v) is 7.87. The molecule has 30 heavy (non-hydrogen) atoms. The van der Waals surface area contributed by atoms with Crippen molar-refractivity contribution in [1.82, 2.24) is 9.88 Å². The summed E-state index contributed by atoms with van der Waals surface area (Å²) in [6.07, 6.45) is 7.80. The van der Waals surface area contributed by atoms with Crippen LogP contribution in [0.15, 0.2) is 54.7 Å². The van der Waals surface area contributed by atoms with Crippen LogP contribution in [0, 0.1) is 5.82 Å². The molecular weight excluding hydrogens is 377 g/mol. The van der Waals surface area contributed by atoms with Gasteiger partial charge in [0.1, 0.15) is 5.82 Å². The van der Waals surface area contributed by atoms with Crippen LogP contribution in [0.2, 0.25) is 0 Å². The highest BCUT2D eigenvalue weighted by Crippen LogP contribution is 2.32. The fourth-order valence-corrected chi connectivity index (χ4v) is 4.33. The van der Waals surface area contributed by atoms with Gasteiger partial charge >= 0.3 is 0 Å². The summed E-state index contributed by atoms with van der Waals surface area (Å²) < 4.78 is 13.1. The molecule has 1 aliphatic rings. The number of hydrogen-bond acceptors (Lipinski definition) is 2. The van der Waals surface area contributed by atoms with Gasteiger partial charge in [0.15, 0.2) is 0 Å². The summed E-state index contributed by atoms with van der Waals surface area (Å²) in [5, 5.41) is 4.03. The SMILES string of the molecule is CCC(CC)N1CC=C(c2c[nH]c3ccc(NC(=O)c4ccc(F)cc4)cc23)CC1. The smallest absolute Gasteiger partial charge is 0.255 e. The van der Waals surface area contributed by atoms with Gasteiger partial charge in [-0.05, 0) is 67.3 Å². The number of nitrogens with one attached hydrogen (secondary N) is 2. The van der Waals surface area contributed by atoms with Crippen LogP contribution in [0.3, 0.4) is 0 Å². The number of amides is 1. The minimum absolute atomic E-state index is 0.246. The fourth-order valence-electron chi connectivity index (χ4n) is 4.33. The Morgan fingerprint density at radius 3 is 2.60 bits per heavy atom. The zero-order chi connectivity index (χ0) is 21.1. The fraction of sp³-hybridized carbons (Fsp3) is 0.320. The lowest BCUT2D eigenvalue weighted by Gasteiger charge is -2.33. The van der Waals surface area contributed by atoms with Crippen molar-refractivity contribution < 1.29 is 9.18 Å². The molecule has 0 bridgehead atoms. The molecule has 4 nitrogen and oxygen atoms in total. The Bertz CT molecular complexity index is 1060. The standard InChI is InChI=1S/C25H28FN3O/c1-3-21(4-2)29-13-11-17(12-14-29)23-16-27-24-10-9-20(15-22(23)24)28-25(30)18-5-7-19(26)8-6-18/h5-11,15-16,21,27H,3-4,12-14H2,1-2H3,(H,28,30). The molecule has 0 aliphatic carbocycles. The van der Waals surface area contributed by atoms with Gasteiger partial charge in [0.05, 0.1) is 0 Å². The summed E-state index contributed by atoms with van der Waals surface area (Å²) in [7, 11) is 0. The molecule has 156 valence electrons. The Balaban J connectivity index is 1.55. The van der Waals surface area contributed by atoms with Crippen LogP contribution >= 0.6 is 0 Å². The molecule has 2 N–H and O–H groups in total. The van der Waals surface area contributed by atoms with Crippen molar-refractivity contribution in [2.24, 2.45) is 0 Å². The van der Waals surface area contributed by atoms with E-state index in [2.05, 4.69) is 41.3 Å². The third-order valence-electron chi connectivity index (χ3n) is 6.09. The van der Waals surface area contributed by atoms with Gasteiger partial charge in [-0.15, -0.1) is 0 Å². The molecule has 0 unspecified atom stereocenters. The highest BCUT2D eigenvalue weighted by Gasteiger charge is 2.20. The lowest BCUT2D eigenvalue weighted by molar-refractivity contribution is 0.102. The highest BCUT2D eigenvalue weighted by atomic mass is 19.1. The molecule has 5 heteroatoms. The quantitative estimate of drug-likeness (QED) is 0.541. The molecule has 2 heterocycles. The van der Waals surface area contributed by atoms with Crippen LogP contribution in [-0.4, -0.2) is 34.9 Å². The number of benzene rings is 2. The molecule has 0 atom stereocenters. The van der Waals surface area contributed by atoms with E-state index < -0.39 is 0 Å². The predicted molar refractivity (Wildman–Crippen MR) is 121 cm³/mol. The molecule has 0 spiro atoms. The minimum atomic E-state index is -0.353. The normalized spacial score (nSPS) is 14.9. The van der Waals surface area contributed by atoms with E-state index in [4.69, 9.17) is 0 Å². The molecular formula is C25H28FN3O. The van der Waals surface area contributed by atoms with Gasteiger partial charge in [-0.1, -0.05) is 19.9 Å². The Morgan fingerprint density at radius 2 is 1.93 bits per heavy atom. The maximum atomic E-state index is 13.1. The van der Waals surface area contributed by atoms with E-state index in [0.29, 0.717) is 11.6 Å². The number of halogens is 1. The van der Waals surface area contributed by atoms with Gasteiger partial charge in [0, 0.05) is 53.0 Å². The van der Waals surface area contributed by atoms with Crippen LogP contribution in [0.1, 0.15) is 49.0 Å². The number of carbonyl (C=O) groups excluding carboxylic acids is 1. The first-order chi connectivity index (χ1) is 14.6. The molecule has 0 saturated heterocycles. The van der Waals surface area contributed by atoms with Crippen LogP contribution in [0.4, 0.5) is 10.1 Å². The molecule has 1 amide bonds. The molecule has 1 aliphatic heterocycles. The summed E-state index contributed by atoms with van der Waals surface area (Å²) in [5.41, 5.74) is 4.76. The van der Waals surface area contributed by atoms with E-state index in [1.165, 1.54) is 48.2 Å². The van der Waals surface area contributed by atoms with Gasteiger partial charge < -0.3 is 10.3 Å². The molecule has 0 saturated carbocycles. The van der Waals surface area contributed by atoms with Crippen LogP contribution < -0.4 is 5.32 Å². The van der Waals surface area contributed by atoms with Gasteiger partial charge in [0.25, 0.3) is 5.91 Å². The van der Waals surface area contributed by atoms with Crippen LogP contribution in [0.5, 0.6) is 0 Å². The number of carbonyl (C=O) groups is 1. The van der Waals surface area contributed by atoms with Crippen molar-refractivity contribution in [3.63, 3.8) is 0 Å². The summed E-state index contributed by atoms with van der Waals surface area (Å²) in [6.45, 7) is 6.57. The predicted octanol–water partition coefficient (Wildman–Crippen LogP) is 5.84. The Morgan fingerprint density at radius 1 is 1.17 bits per heavy atom. The average Bonchev–Trinajstić information content (AvgIpc) is 3.19. The van der Waals surface area contributed by atoms with Crippen LogP contribution in [-0.2, 0) is 0 Å². The van der Waals surface area contributed by atoms with Crippen molar-refractivity contribution in [2.45, 2.75) is 39.2 Å². The maximum absolute atomic E-state index is 13.1. The minimum Gasteiger partial charge on any atom is -0.361 e. The molecule has 1 aromatic heterocycles. The van der Waals surface area contributed by atoms with Crippen molar-refractivity contribution >= 4 is 28.1 Å². The number of fused-ring (bicyclic) bond motifs is 1. The number of aromatic amines is 1. The average molecular weight is 406 g/mol. The van der Waals surface area contributed by atoms with Crippen molar-refractivity contribution in [3.8, 4) is 0 Å². The summed E-state index contributed by atoms with van der Waals surface area (Å²) in [6, 6.07) is 12.1. The van der Waals surface area contributed by atoms with Gasteiger partial charge in [-0.2, -0.15) is 0 Å². The van der Waals surface area contributed by atoms with Crippen molar-refractivity contribution in [2.75, 3.05) is 18.4 Å². The van der Waals surface area contributed by atoms with E-state index in [0.717, 1.165) is 36.1 Å². The van der Waals surface area contributed by atoms with Crippen molar-refractivity contribution in [3.05, 3.63) is 71.7 Å². The monoisotopic (exact) mass is 405 g/mol. The Labute approximate surface area is 176 Å². The molecule has 2 aromatic carbocycles. The first-order valence-electron chi connectivity index (χ1n) is 10.7. The van der Waals surface area contributed by atoms with Gasteiger partial charge in [-0.25, -0.2) is 4.39 Å². The lowest BCUT2D eigenvalue weighted by Crippen LogP contribution is -2.37. The Hall–Kier alpha value is -2.92. The zero-order valence-corrected chi connectivity index (χ0v) is 17.5. The lowest BCUT2D eigenvalue weighted by atomic mass is 9.97. The van der Waals surface area contributed by atoms with E-state index in [-0.39, 0.29) is 11.7 Å². The number of anilines is 1. The van der Waals surface area contributed by atoms with Gasteiger partial charge in [-0.3, -0.25) is 9.69 Å². The van der Waals surface area contributed by atoms with E-state index in [1.54, 1.807) is 0 Å². The summed E-state index contributed by atoms with van der Waals surface area (Å²) in [4.78, 5) is 18.4. The first kappa shape index (κ1) is 20.4. The molecule has 3 aromatic rings. The molecule has 4 rings (SSSR count). The van der Waals surface area contributed by atoms with Crippen LogP contribution in [0.25, 0.3) is 16.5 Å². The number of aromatic nitrogens is 1. The summed E-state index contributed by atoms with van der Waals surface area (Å²) in [5.74, 6) is -0.599. The van der Waals surface area contributed by atoms with Crippen molar-refractivity contribution in [1.29, 1.82) is 0 Å². The molecule has 0 fully saturated rings. The second kappa shape index (κ2) is 8.84. The second-order valence-electron chi connectivity index (χ2n) is 7.87. The third-order valence-corrected chi connectivity index (χ3v) is 6.09. The molecule has 0 radical (unpaired) electrons. The summed E-state index contributed by atoms with van der Waals surface area (Å²) >= 11 is 0. The zero-order valence-electron chi connectivity index (χ0n) is 17.5. The number of rotatable bonds is 6. The number of H-pyrrole nitrogens is 1. The first-order valence-corrected chi connectivity index (χ1v) is 10.7. The van der Waals surface area contributed by atoms with E-state index in [1.807, 2.05) is 18.2 Å². The topological polar surface area (TPSA) is 48.1 Å². The van der Waals surface area contributed by atoms with E-state index in [9.17, 15) is 9.18 Å². The number of hydrogen-bond donors (Lipinski definition) is 2. The number of nitrogens with zero attached hydrogens (tertiary/aromatic N) is 1. The largest absolute Gasteiger partial charge is 0.361 e. The maximum Gasteiger partial charge on any atom is 0.255 e. The third kappa shape index (κ3) is 4.17. The van der Waals surface area contributed by atoms with E-state index >= 15 is 0 Å². The Kier molecular flexibility index (Phi) is 6.00. The highest BCUT2D eigenvalue weighted by molar-refractivity contribution is 6.05.